The zero-order valence-electron chi connectivity index (χ0n) is 10.9. The normalized spacial score (nSPS) is 11.5. The Labute approximate surface area is 109 Å². The number of carbonyl (C=O) groups excluding carboxylic acids is 1. The van der Waals surface area contributed by atoms with E-state index in [-0.39, 0.29) is 11.5 Å². The number of carbonyl (C=O) groups is 1. The lowest BCUT2D eigenvalue weighted by Gasteiger charge is -2.03. The van der Waals surface area contributed by atoms with E-state index in [9.17, 15) is 4.79 Å². The zero-order chi connectivity index (χ0) is 13.2. The molecular formula is C15H21NO2. The third-order valence-electron chi connectivity index (χ3n) is 2.94. The van der Waals surface area contributed by atoms with Gasteiger partial charge in [-0.15, -0.1) is 0 Å². The highest BCUT2D eigenvalue weighted by Crippen LogP contribution is 2.09. The molecule has 0 saturated carbocycles. The van der Waals surface area contributed by atoms with Gasteiger partial charge in [-0.1, -0.05) is 68.1 Å². The van der Waals surface area contributed by atoms with Crippen LogP contribution in [-0.2, 0) is 0 Å². The maximum absolute atomic E-state index is 12.0. The van der Waals surface area contributed by atoms with Crippen LogP contribution in [0, 0.1) is 0 Å². The Morgan fingerprint density at radius 3 is 2.39 bits per heavy atom. The Morgan fingerprint density at radius 1 is 1.11 bits per heavy atom. The van der Waals surface area contributed by atoms with Gasteiger partial charge in [0, 0.05) is 5.56 Å². The molecule has 0 saturated heterocycles. The van der Waals surface area contributed by atoms with E-state index in [1.54, 1.807) is 12.1 Å². The zero-order valence-corrected chi connectivity index (χ0v) is 10.9. The van der Waals surface area contributed by atoms with Gasteiger partial charge >= 0.3 is 0 Å². The average molecular weight is 247 g/mol. The second-order valence-electron chi connectivity index (χ2n) is 4.41. The highest BCUT2D eigenvalue weighted by molar-refractivity contribution is 6.45. The van der Waals surface area contributed by atoms with E-state index in [2.05, 4.69) is 12.1 Å². The maximum atomic E-state index is 12.0. The fourth-order valence-corrected chi connectivity index (χ4v) is 1.86. The molecule has 0 heterocycles. The van der Waals surface area contributed by atoms with Crippen molar-refractivity contribution >= 4 is 11.5 Å². The molecule has 0 aliphatic heterocycles. The molecule has 3 nitrogen and oxygen atoms in total. The second kappa shape index (κ2) is 8.45. The summed E-state index contributed by atoms with van der Waals surface area (Å²) in [6.07, 6.45) is 6.12. The Bertz CT molecular complexity index is 385. The highest BCUT2D eigenvalue weighted by Gasteiger charge is 2.13. The molecule has 1 N–H and O–H groups in total. The summed E-state index contributed by atoms with van der Waals surface area (Å²) in [5.41, 5.74) is 0.844. The molecule has 0 aliphatic rings. The monoisotopic (exact) mass is 247 g/mol. The van der Waals surface area contributed by atoms with E-state index in [0.29, 0.717) is 12.0 Å². The largest absolute Gasteiger partial charge is 0.411 e. The average Bonchev–Trinajstić information content (AvgIpc) is 2.43. The SMILES string of the molecule is CCCCCCC/C(=N/O)C(=O)c1ccccc1. The van der Waals surface area contributed by atoms with Crippen molar-refractivity contribution in [1.29, 1.82) is 0 Å². The van der Waals surface area contributed by atoms with Crippen LogP contribution in [0.15, 0.2) is 35.5 Å². The van der Waals surface area contributed by atoms with Crippen molar-refractivity contribution in [3.63, 3.8) is 0 Å². The number of Topliss-reactive ketones (excluding diaryl/α,β-unsaturated/α-hetero) is 1. The number of nitrogens with zero attached hydrogens (tertiary/aromatic N) is 1. The van der Waals surface area contributed by atoms with Gasteiger partial charge in [0.2, 0.25) is 5.78 Å². The van der Waals surface area contributed by atoms with Crippen LogP contribution in [-0.4, -0.2) is 16.7 Å². The Hall–Kier alpha value is -1.64. The summed E-state index contributed by atoms with van der Waals surface area (Å²) in [4.78, 5) is 12.0. The van der Waals surface area contributed by atoms with Gasteiger partial charge < -0.3 is 5.21 Å². The molecule has 0 atom stereocenters. The minimum absolute atomic E-state index is 0.173. The van der Waals surface area contributed by atoms with E-state index in [0.717, 1.165) is 12.8 Å². The molecule has 0 radical (unpaired) electrons. The number of unbranched alkanes of at least 4 members (excludes halogenated alkanes) is 4. The number of ketones is 1. The van der Waals surface area contributed by atoms with Crippen LogP contribution in [0.25, 0.3) is 0 Å². The van der Waals surface area contributed by atoms with E-state index in [1.165, 1.54) is 19.3 Å². The summed E-state index contributed by atoms with van der Waals surface area (Å²) in [5.74, 6) is -0.173. The Kier molecular flexibility index (Phi) is 6.77. The molecule has 0 aliphatic carbocycles. The van der Waals surface area contributed by atoms with E-state index in [1.807, 2.05) is 18.2 Å². The van der Waals surface area contributed by atoms with Crippen LogP contribution in [0.2, 0.25) is 0 Å². The number of hydrogen-bond donors (Lipinski definition) is 1. The molecule has 1 rings (SSSR count). The predicted molar refractivity (Wildman–Crippen MR) is 73.4 cm³/mol. The van der Waals surface area contributed by atoms with Gasteiger partial charge in [-0.3, -0.25) is 4.79 Å². The van der Waals surface area contributed by atoms with Gasteiger partial charge in [-0.25, -0.2) is 0 Å². The summed E-state index contributed by atoms with van der Waals surface area (Å²) in [6, 6.07) is 8.96. The highest BCUT2D eigenvalue weighted by atomic mass is 16.4. The smallest absolute Gasteiger partial charge is 0.210 e. The van der Waals surface area contributed by atoms with Gasteiger partial charge in [0.15, 0.2) is 0 Å². The summed E-state index contributed by atoms with van der Waals surface area (Å²) in [5, 5.41) is 12.1. The summed E-state index contributed by atoms with van der Waals surface area (Å²) < 4.78 is 0. The molecule has 0 unspecified atom stereocenters. The fraction of sp³-hybridized carbons (Fsp3) is 0.467. The minimum atomic E-state index is -0.173. The van der Waals surface area contributed by atoms with Crippen LogP contribution in [0.3, 0.4) is 0 Å². The molecule has 0 aromatic heterocycles. The Morgan fingerprint density at radius 2 is 1.78 bits per heavy atom. The molecule has 18 heavy (non-hydrogen) atoms. The standard InChI is InChI=1S/C15H21NO2/c1-2-3-4-5-9-12-14(16-18)15(17)13-10-7-6-8-11-13/h6-8,10-11,18H,2-5,9,12H2,1H3/b16-14-. The van der Waals surface area contributed by atoms with Gasteiger partial charge in [0.1, 0.15) is 5.71 Å². The number of hydrogen-bond acceptors (Lipinski definition) is 3. The summed E-state index contributed by atoms with van der Waals surface area (Å²) in [6.45, 7) is 2.17. The topological polar surface area (TPSA) is 49.7 Å². The lowest BCUT2D eigenvalue weighted by molar-refractivity contribution is 0.105. The van der Waals surface area contributed by atoms with E-state index in [4.69, 9.17) is 5.21 Å². The molecule has 98 valence electrons. The molecule has 0 fully saturated rings. The van der Waals surface area contributed by atoms with Crippen LogP contribution in [0.1, 0.15) is 55.8 Å². The molecule has 0 bridgehead atoms. The van der Waals surface area contributed by atoms with Crippen molar-refractivity contribution in [2.45, 2.75) is 45.4 Å². The summed E-state index contributed by atoms with van der Waals surface area (Å²) in [7, 11) is 0. The van der Waals surface area contributed by atoms with Crippen LogP contribution in [0.5, 0.6) is 0 Å². The summed E-state index contributed by atoms with van der Waals surface area (Å²) >= 11 is 0. The second-order valence-corrected chi connectivity index (χ2v) is 4.41. The number of rotatable bonds is 8. The van der Waals surface area contributed by atoms with Crippen molar-refractivity contribution in [2.75, 3.05) is 0 Å². The first kappa shape index (κ1) is 14.4. The van der Waals surface area contributed by atoms with Crippen LogP contribution in [0.4, 0.5) is 0 Å². The number of benzene rings is 1. The quantitative estimate of drug-likeness (QED) is 0.247. The van der Waals surface area contributed by atoms with E-state index < -0.39 is 0 Å². The van der Waals surface area contributed by atoms with Gasteiger partial charge in [0.25, 0.3) is 0 Å². The third kappa shape index (κ3) is 4.70. The molecule has 3 heteroatoms. The predicted octanol–water partition coefficient (Wildman–Crippen LogP) is 4.06. The van der Waals surface area contributed by atoms with Gasteiger partial charge in [-0.2, -0.15) is 0 Å². The minimum Gasteiger partial charge on any atom is -0.411 e. The first-order valence-corrected chi connectivity index (χ1v) is 6.60. The Balaban J connectivity index is 2.45. The van der Waals surface area contributed by atoms with Gasteiger partial charge in [-0.05, 0) is 12.8 Å². The molecule has 1 aromatic rings. The maximum Gasteiger partial charge on any atom is 0.210 e. The first-order valence-electron chi connectivity index (χ1n) is 6.60. The van der Waals surface area contributed by atoms with Crippen molar-refractivity contribution in [1.82, 2.24) is 0 Å². The number of oxime groups is 1. The lowest BCUT2D eigenvalue weighted by Crippen LogP contribution is -2.14. The van der Waals surface area contributed by atoms with Crippen LogP contribution < -0.4 is 0 Å². The van der Waals surface area contributed by atoms with Crippen molar-refractivity contribution in [3.8, 4) is 0 Å². The van der Waals surface area contributed by atoms with Crippen molar-refractivity contribution < 1.29 is 10.0 Å². The molecule has 0 amide bonds. The first-order chi connectivity index (χ1) is 8.79. The lowest BCUT2D eigenvalue weighted by atomic mass is 10.0. The van der Waals surface area contributed by atoms with Crippen LogP contribution >= 0.6 is 0 Å². The fourth-order valence-electron chi connectivity index (χ4n) is 1.86. The van der Waals surface area contributed by atoms with Gasteiger partial charge in [0.05, 0.1) is 0 Å². The van der Waals surface area contributed by atoms with Crippen molar-refractivity contribution in [3.05, 3.63) is 35.9 Å². The molecular weight excluding hydrogens is 226 g/mol. The van der Waals surface area contributed by atoms with E-state index >= 15 is 0 Å². The van der Waals surface area contributed by atoms with Crippen molar-refractivity contribution in [2.24, 2.45) is 5.16 Å². The molecule has 0 spiro atoms. The molecule has 1 aromatic carbocycles. The third-order valence-corrected chi connectivity index (χ3v) is 2.94.